The van der Waals surface area contributed by atoms with Crippen molar-refractivity contribution < 1.29 is 24.1 Å². The molecule has 3 rings (SSSR count). The van der Waals surface area contributed by atoms with E-state index in [1.807, 2.05) is 49.4 Å². The number of carboxylic acid groups (broad SMARTS) is 1. The van der Waals surface area contributed by atoms with Gasteiger partial charge in [-0.25, -0.2) is 4.79 Å². The molecule has 1 aliphatic rings. The van der Waals surface area contributed by atoms with Gasteiger partial charge in [0.25, 0.3) is 0 Å². The molecule has 0 radical (unpaired) electrons. The molecule has 2 atom stereocenters. The fraction of sp³-hybridized carbons (Fsp3) is 0.435. The zero-order chi connectivity index (χ0) is 20.9. The highest BCUT2D eigenvalue weighted by molar-refractivity contribution is 5.78. The molecule has 2 unspecified atom stereocenters. The summed E-state index contributed by atoms with van der Waals surface area (Å²) in [5, 5.41) is 9.60. The summed E-state index contributed by atoms with van der Waals surface area (Å²) in [6, 6.07) is 15.6. The Morgan fingerprint density at radius 2 is 1.97 bits per heavy atom. The summed E-state index contributed by atoms with van der Waals surface area (Å²) in [5.74, 6) is 0.417. The molecule has 6 nitrogen and oxygen atoms in total. The lowest BCUT2D eigenvalue weighted by Crippen LogP contribution is -2.43. The van der Waals surface area contributed by atoms with Gasteiger partial charge in [-0.2, -0.15) is 0 Å². The molecule has 6 heteroatoms. The van der Waals surface area contributed by atoms with E-state index in [2.05, 4.69) is 11.0 Å². The Bertz CT molecular complexity index is 822. The van der Waals surface area contributed by atoms with Crippen molar-refractivity contribution in [3.8, 4) is 11.5 Å². The van der Waals surface area contributed by atoms with Crippen molar-refractivity contribution in [2.75, 3.05) is 37.8 Å². The minimum absolute atomic E-state index is 0.293. The molecule has 0 saturated carbocycles. The van der Waals surface area contributed by atoms with Gasteiger partial charge in [-0.05, 0) is 43.7 Å². The molecule has 0 saturated heterocycles. The zero-order valence-corrected chi connectivity index (χ0v) is 17.3. The van der Waals surface area contributed by atoms with Gasteiger partial charge in [0.15, 0.2) is 5.60 Å². The van der Waals surface area contributed by atoms with E-state index in [9.17, 15) is 9.90 Å². The second-order valence-corrected chi connectivity index (χ2v) is 7.29. The van der Waals surface area contributed by atoms with Crippen LogP contribution in [0.25, 0.3) is 0 Å². The maximum atomic E-state index is 11.7. The van der Waals surface area contributed by atoms with Crippen LogP contribution in [0.15, 0.2) is 48.5 Å². The van der Waals surface area contributed by atoms with Crippen LogP contribution in [0.4, 0.5) is 5.69 Å². The molecule has 2 aromatic rings. The van der Waals surface area contributed by atoms with Crippen molar-refractivity contribution >= 4 is 11.7 Å². The normalized spacial score (nSPS) is 16.3. The van der Waals surface area contributed by atoms with Crippen LogP contribution in [-0.2, 0) is 9.53 Å². The first kappa shape index (κ1) is 21.0. The lowest BCUT2D eigenvalue weighted by Gasteiger charge is -2.31. The first-order valence-corrected chi connectivity index (χ1v) is 10.0. The van der Waals surface area contributed by atoms with Gasteiger partial charge in [-0.1, -0.05) is 31.2 Å². The summed E-state index contributed by atoms with van der Waals surface area (Å²) in [6.07, 6.45) is 0. The maximum absolute atomic E-state index is 11.7. The van der Waals surface area contributed by atoms with Crippen molar-refractivity contribution in [1.82, 2.24) is 0 Å². The fourth-order valence-corrected chi connectivity index (χ4v) is 3.58. The van der Waals surface area contributed by atoms with Crippen LogP contribution in [0.1, 0.15) is 32.3 Å². The number of fused-ring (bicyclic) bond motifs is 1. The summed E-state index contributed by atoms with van der Waals surface area (Å²) >= 11 is 0. The number of carbonyl (C=O) groups is 1. The van der Waals surface area contributed by atoms with Gasteiger partial charge < -0.3 is 24.2 Å². The Hall–Kier alpha value is -2.73. The van der Waals surface area contributed by atoms with E-state index < -0.39 is 11.6 Å². The number of hydrogen-bond donors (Lipinski definition) is 1. The lowest BCUT2D eigenvalue weighted by molar-refractivity contribution is -0.165. The van der Waals surface area contributed by atoms with Gasteiger partial charge >= 0.3 is 5.97 Å². The average molecular weight is 399 g/mol. The van der Waals surface area contributed by atoms with Crippen LogP contribution >= 0.6 is 0 Å². The Morgan fingerprint density at radius 1 is 1.24 bits per heavy atom. The predicted molar refractivity (Wildman–Crippen MR) is 112 cm³/mol. The van der Waals surface area contributed by atoms with Crippen molar-refractivity contribution in [3.63, 3.8) is 0 Å². The van der Waals surface area contributed by atoms with E-state index in [4.69, 9.17) is 14.2 Å². The summed E-state index contributed by atoms with van der Waals surface area (Å²) < 4.78 is 17.1. The monoisotopic (exact) mass is 399 g/mol. The van der Waals surface area contributed by atoms with E-state index in [1.54, 1.807) is 13.8 Å². The molecule has 2 aromatic carbocycles. The molecule has 0 amide bonds. The van der Waals surface area contributed by atoms with Crippen molar-refractivity contribution in [2.45, 2.75) is 32.3 Å². The van der Waals surface area contributed by atoms with E-state index in [-0.39, 0.29) is 5.92 Å². The molecular weight excluding hydrogens is 370 g/mol. The van der Waals surface area contributed by atoms with Crippen LogP contribution < -0.4 is 14.4 Å². The molecule has 1 aliphatic heterocycles. The second kappa shape index (κ2) is 9.18. The summed E-state index contributed by atoms with van der Waals surface area (Å²) in [6.45, 7) is 8.46. The largest absolute Gasteiger partial charge is 0.492 e. The van der Waals surface area contributed by atoms with Crippen LogP contribution in [0.5, 0.6) is 11.5 Å². The van der Waals surface area contributed by atoms with Crippen LogP contribution in [-0.4, -0.2) is 49.6 Å². The SMILES string of the molecule is CCOC(C)(C(=O)O)C(C)c1ccc(OCCN2CCOc3ccccc32)cc1. The lowest BCUT2D eigenvalue weighted by atomic mass is 9.84. The molecule has 156 valence electrons. The first-order valence-electron chi connectivity index (χ1n) is 10.0. The van der Waals surface area contributed by atoms with Gasteiger partial charge in [-0.3, -0.25) is 0 Å². The predicted octanol–water partition coefficient (Wildman–Crippen LogP) is 3.95. The third-order valence-corrected chi connectivity index (χ3v) is 5.53. The molecule has 0 aromatic heterocycles. The number of nitrogens with zero attached hydrogens (tertiary/aromatic N) is 1. The van der Waals surface area contributed by atoms with Crippen molar-refractivity contribution in [1.29, 1.82) is 0 Å². The van der Waals surface area contributed by atoms with Gasteiger partial charge in [-0.15, -0.1) is 0 Å². The quantitative estimate of drug-likeness (QED) is 0.689. The Morgan fingerprint density at radius 3 is 2.66 bits per heavy atom. The minimum Gasteiger partial charge on any atom is -0.492 e. The number of ether oxygens (including phenoxy) is 3. The molecule has 0 fully saturated rings. The van der Waals surface area contributed by atoms with E-state index in [0.717, 1.165) is 35.8 Å². The molecule has 0 spiro atoms. The van der Waals surface area contributed by atoms with Gasteiger partial charge in [0, 0.05) is 12.5 Å². The standard InChI is InChI=1S/C23H29NO5/c1-4-29-23(3,22(25)26)17(2)18-9-11-19(12-10-18)27-15-13-24-14-16-28-21-8-6-5-7-20(21)24/h5-12,17H,4,13-16H2,1-3H3,(H,25,26). The number of aliphatic carboxylic acids is 1. The summed E-state index contributed by atoms with van der Waals surface area (Å²) in [5.41, 5.74) is 0.731. The van der Waals surface area contributed by atoms with Gasteiger partial charge in [0.1, 0.15) is 24.7 Å². The van der Waals surface area contributed by atoms with Crippen LogP contribution in [0.3, 0.4) is 0 Å². The zero-order valence-electron chi connectivity index (χ0n) is 17.3. The highest BCUT2D eigenvalue weighted by atomic mass is 16.5. The first-order chi connectivity index (χ1) is 14.0. The summed E-state index contributed by atoms with van der Waals surface area (Å²) in [4.78, 5) is 14.0. The number of anilines is 1. The Labute approximate surface area is 172 Å². The molecule has 0 aliphatic carbocycles. The van der Waals surface area contributed by atoms with E-state index in [0.29, 0.717) is 19.8 Å². The maximum Gasteiger partial charge on any atom is 0.336 e. The topological polar surface area (TPSA) is 68.2 Å². The molecule has 1 N–H and O–H groups in total. The highest BCUT2D eigenvalue weighted by Gasteiger charge is 2.40. The number of para-hydroxylation sites is 2. The number of hydrogen-bond acceptors (Lipinski definition) is 5. The van der Waals surface area contributed by atoms with E-state index in [1.165, 1.54) is 0 Å². The Kier molecular flexibility index (Phi) is 6.64. The fourth-order valence-electron chi connectivity index (χ4n) is 3.58. The third kappa shape index (κ3) is 4.65. The second-order valence-electron chi connectivity index (χ2n) is 7.29. The molecule has 29 heavy (non-hydrogen) atoms. The Balaban J connectivity index is 1.58. The number of carboxylic acids is 1. The summed E-state index contributed by atoms with van der Waals surface area (Å²) in [7, 11) is 0. The number of rotatable bonds is 9. The average Bonchev–Trinajstić information content (AvgIpc) is 2.74. The van der Waals surface area contributed by atoms with Crippen LogP contribution in [0.2, 0.25) is 0 Å². The highest BCUT2D eigenvalue weighted by Crippen LogP contribution is 2.33. The molecule has 1 heterocycles. The minimum atomic E-state index is -1.26. The van der Waals surface area contributed by atoms with Crippen LogP contribution in [0, 0.1) is 0 Å². The smallest absolute Gasteiger partial charge is 0.336 e. The van der Waals surface area contributed by atoms with Crippen molar-refractivity contribution in [2.24, 2.45) is 0 Å². The number of benzene rings is 2. The third-order valence-electron chi connectivity index (χ3n) is 5.53. The molecule has 0 bridgehead atoms. The van der Waals surface area contributed by atoms with Gasteiger partial charge in [0.05, 0.1) is 18.8 Å². The van der Waals surface area contributed by atoms with Gasteiger partial charge in [0.2, 0.25) is 0 Å². The van der Waals surface area contributed by atoms with Crippen molar-refractivity contribution in [3.05, 3.63) is 54.1 Å². The van der Waals surface area contributed by atoms with E-state index >= 15 is 0 Å². The molecular formula is C23H29NO5.